The van der Waals surface area contributed by atoms with Gasteiger partial charge in [0.15, 0.2) is 0 Å². The minimum atomic E-state index is 0.0873. The third-order valence-corrected chi connectivity index (χ3v) is 6.03. The van der Waals surface area contributed by atoms with E-state index in [1.54, 1.807) is 13.4 Å². The molecule has 2 aromatic heterocycles. The maximum absolute atomic E-state index is 13.1. The number of nitrogens with one attached hydrogen (secondary N) is 1. The highest BCUT2D eigenvalue weighted by Gasteiger charge is 2.37. The number of anilines is 1. The molecule has 1 aliphatic heterocycles. The number of nitrogens with zero attached hydrogens (tertiary/aromatic N) is 5. The van der Waals surface area contributed by atoms with Gasteiger partial charge in [0.2, 0.25) is 5.88 Å². The van der Waals surface area contributed by atoms with Crippen LogP contribution < -0.4 is 9.64 Å². The van der Waals surface area contributed by atoms with Crippen molar-refractivity contribution in [3.8, 4) is 5.88 Å². The largest absolute Gasteiger partial charge is 0.481 e. The van der Waals surface area contributed by atoms with Gasteiger partial charge in [0, 0.05) is 36.8 Å². The van der Waals surface area contributed by atoms with Crippen LogP contribution in [0.25, 0.3) is 11.0 Å². The van der Waals surface area contributed by atoms with Crippen LogP contribution in [-0.4, -0.2) is 63.0 Å². The Morgan fingerprint density at radius 1 is 1.13 bits per heavy atom. The molecule has 3 heterocycles. The highest BCUT2D eigenvalue weighted by Crippen LogP contribution is 2.36. The molecule has 2 fully saturated rings. The van der Waals surface area contributed by atoms with Crippen molar-refractivity contribution >= 4 is 22.8 Å². The van der Waals surface area contributed by atoms with Gasteiger partial charge in [-0.1, -0.05) is 0 Å². The number of ether oxygens (including phenoxy) is 1. The number of aromatic nitrogens is 4. The number of likely N-dealkylation sites (tertiary alicyclic amines) is 1. The second kappa shape index (κ2) is 7.59. The monoisotopic (exact) mass is 406 g/mol. The number of carbonyl (C=O) groups excluding carboxylic acids is 1. The molecule has 3 aromatic rings. The first kappa shape index (κ1) is 18.8. The Morgan fingerprint density at radius 2 is 1.90 bits per heavy atom. The van der Waals surface area contributed by atoms with Gasteiger partial charge >= 0.3 is 0 Å². The van der Waals surface area contributed by atoms with E-state index >= 15 is 0 Å². The van der Waals surface area contributed by atoms with Crippen molar-refractivity contribution in [2.75, 3.05) is 25.1 Å². The summed E-state index contributed by atoms with van der Waals surface area (Å²) in [6, 6.07) is 8.52. The molecular weight excluding hydrogens is 380 g/mol. The van der Waals surface area contributed by atoms with E-state index in [1.807, 2.05) is 36.1 Å². The third kappa shape index (κ3) is 3.58. The van der Waals surface area contributed by atoms with E-state index < -0.39 is 0 Å². The lowest BCUT2D eigenvalue weighted by Gasteiger charge is -2.39. The molecule has 5 rings (SSSR count). The molecule has 0 atom stereocenters. The molecule has 8 heteroatoms. The smallest absolute Gasteiger partial charge is 0.253 e. The van der Waals surface area contributed by atoms with E-state index in [-0.39, 0.29) is 5.91 Å². The quantitative estimate of drug-likeness (QED) is 0.701. The molecule has 1 N–H and O–H groups in total. The van der Waals surface area contributed by atoms with Crippen molar-refractivity contribution in [2.24, 2.45) is 0 Å². The predicted molar refractivity (Wildman–Crippen MR) is 114 cm³/mol. The van der Waals surface area contributed by atoms with Gasteiger partial charge in [-0.3, -0.25) is 4.79 Å². The van der Waals surface area contributed by atoms with Gasteiger partial charge in [-0.15, -0.1) is 0 Å². The first-order valence-electron chi connectivity index (χ1n) is 10.5. The van der Waals surface area contributed by atoms with Crippen LogP contribution in [0.2, 0.25) is 0 Å². The SMILES string of the molecule is COc1cc(N(C2CC2)C2CCN(C(=O)c3ccc4nc(C)[nH]c4c3)CC2)ncn1. The van der Waals surface area contributed by atoms with Crippen molar-refractivity contribution < 1.29 is 9.53 Å². The lowest BCUT2D eigenvalue weighted by atomic mass is 10.0. The van der Waals surface area contributed by atoms with Gasteiger partial charge in [0.05, 0.1) is 18.1 Å². The van der Waals surface area contributed by atoms with E-state index in [4.69, 9.17) is 4.74 Å². The molecule has 0 spiro atoms. The number of imidazole rings is 1. The summed E-state index contributed by atoms with van der Waals surface area (Å²) in [5, 5.41) is 0. The fraction of sp³-hybridized carbons (Fsp3) is 0.455. The van der Waals surface area contributed by atoms with E-state index in [0.717, 1.165) is 48.6 Å². The summed E-state index contributed by atoms with van der Waals surface area (Å²) >= 11 is 0. The Bertz CT molecular complexity index is 1070. The first-order valence-corrected chi connectivity index (χ1v) is 10.5. The number of rotatable bonds is 5. The van der Waals surface area contributed by atoms with Crippen molar-refractivity contribution in [3.63, 3.8) is 0 Å². The Hall–Kier alpha value is -3.16. The molecule has 8 nitrogen and oxygen atoms in total. The molecule has 156 valence electrons. The number of methoxy groups -OCH3 is 1. The second-order valence-corrected chi connectivity index (χ2v) is 8.13. The second-order valence-electron chi connectivity index (χ2n) is 8.13. The minimum Gasteiger partial charge on any atom is -0.481 e. The average molecular weight is 406 g/mol. The maximum Gasteiger partial charge on any atom is 0.253 e. The van der Waals surface area contributed by atoms with Crippen LogP contribution in [-0.2, 0) is 0 Å². The number of carbonyl (C=O) groups is 1. The van der Waals surface area contributed by atoms with Gasteiger partial charge in [0.25, 0.3) is 5.91 Å². The minimum absolute atomic E-state index is 0.0873. The number of hydrogen-bond acceptors (Lipinski definition) is 6. The Balaban J connectivity index is 1.29. The van der Waals surface area contributed by atoms with Crippen LogP contribution in [0, 0.1) is 6.92 Å². The fourth-order valence-corrected chi connectivity index (χ4v) is 4.41. The Kier molecular flexibility index (Phi) is 4.77. The summed E-state index contributed by atoms with van der Waals surface area (Å²) in [7, 11) is 1.62. The van der Waals surface area contributed by atoms with Crippen LogP contribution >= 0.6 is 0 Å². The molecule has 2 aliphatic rings. The van der Waals surface area contributed by atoms with Gasteiger partial charge in [-0.05, 0) is 50.8 Å². The van der Waals surface area contributed by atoms with E-state index in [1.165, 1.54) is 12.8 Å². The molecule has 1 amide bonds. The van der Waals surface area contributed by atoms with Gasteiger partial charge < -0.3 is 19.5 Å². The number of piperidine rings is 1. The zero-order chi connectivity index (χ0) is 20.7. The summed E-state index contributed by atoms with van der Waals surface area (Å²) < 4.78 is 5.28. The van der Waals surface area contributed by atoms with Crippen molar-refractivity contribution in [3.05, 3.63) is 42.0 Å². The Morgan fingerprint density at radius 3 is 2.63 bits per heavy atom. The summed E-state index contributed by atoms with van der Waals surface area (Å²) in [5.41, 5.74) is 2.51. The first-order chi connectivity index (χ1) is 14.6. The van der Waals surface area contributed by atoms with Crippen LogP contribution in [0.3, 0.4) is 0 Å². The molecule has 0 unspecified atom stereocenters. The van der Waals surface area contributed by atoms with Gasteiger partial charge in [-0.2, -0.15) is 0 Å². The number of H-pyrrole nitrogens is 1. The van der Waals surface area contributed by atoms with Gasteiger partial charge in [-0.25, -0.2) is 15.0 Å². The van der Waals surface area contributed by atoms with E-state index in [2.05, 4.69) is 24.8 Å². The number of hydrogen-bond donors (Lipinski definition) is 1. The highest BCUT2D eigenvalue weighted by atomic mass is 16.5. The summed E-state index contributed by atoms with van der Waals surface area (Å²) in [6.07, 6.45) is 5.81. The van der Waals surface area contributed by atoms with Crippen LogP contribution in [0.4, 0.5) is 5.82 Å². The van der Waals surface area contributed by atoms with Crippen LogP contribution in [0.1, 0.15) is 41.9 Å². The van der Waals surface area contributed by atoms with Gasteiger partial charge in [0.1, 0.15) is 18.0 Å². The lowest BCUT2D eigenvalue weighted by molar-refractivity contribution is 0.0712. The summed E-state index contributed by atoms with van der Waals surface area (Å²) in [6.45, 7) is 3.41. The van der Waals surface area contributed by atoms with Crippen molar-refractivity contribution in [1.29, 1.82) is 0 Å². The molecule has 0 bridgehead atoms. The zero-order valence-electron chi connectivity index (χ0n) is 17.3. The average Bonchev–Trinajstić information content (AvgIpc) is 3.53. The van der Waals surface area contributed by atoms with E-state index in [9.17, 15) is 4.79 Å². The zero-order valence-corrected chi connectivity index (χ0v) is 17.3. The predicted octanol–water partition coefficient (Wildman–Crippen LogP) is 2.94. The molecular formula is C22H26N6O2. The molecule has 1 aliphatic carbocycles. The summed E-state index contributed by atoms with van der Waals surface area (Å²) in [4.78, 5) is 33.7. The fourth-order valence-electron chi connectivity index (χ4n) is 4.41. The molecule has 30 heavy (non-hydrogen) atoms. The number of benzene rings is 1. The molecule has 0 radical (unpaired) electrons. The normalized spacial score (nSPS) is 17.3. The molecule has 1 aromatic carbocycles. The standard InChI is InChI=1S/C22H26N6O2/c1-14-25-18-6-3-15(11-19(18)26-14)22(29)27-9-7-17(8-10-27)28(16-4-5-16)20-12-21(30-2)24-13-23-20/h3,6,11-13,16-17H,4-5,7-10H2,1-2H3,(H,25,26). The third-order valence-electron chi connectivity index (χ3n) is 6.03. The molecule has 1 saturated carbocycles. The Labute approximate surface area is 175 Å². The number of fused-ring (bicyclic) bond motifs is 1. The number of amides is 1. The maximum atomic E-state index is 13.1. The number of aromatic amines is 1. The summed E-state index contributed by atoms with van der Waals surface area (Å²) in [5.74, 6) is 2.46. The number of aryl methyl sites for hydroxylation is 1. The van der Waals surface area contributed by atoms with Crippen LogP contribution in [0.5, 0.6) is 5.88 Å². The highest BCUT2D eigenvalue weighted by molar-refractivity contribution is 5.97. The lowest BCUT2D eigenvalue weighted by Crippen LogP contribution is -2.48. The van der Waals surface area contributed by atoms with E-state index in [0.29, 0.717) is 23.5 Å². The van der Waals surface area contributed by atoms with Crippen molar-refractivity contribution in [1.82, 2.24) is 24.8 Å². The molecule has 1 saturated heterocycles. The van der Waals surface area contributed by atoms with Crippen molar-refractivity contribution in [2.45, 2.75) is 44.7 Å². The topological polar surface area (TPSA) is 87.2 Å². The van der Waals surface area contributed by atoms with Crippen LogP contribution in [0.15, 0.2) is 30.6 Å².